The number of aryl methyl sites for hydroxylation is 1. The molecule has 1 heterocycles. The smallest absolute Gasteiger partial charge is 0.387 e. The number of alkyl halides is 2. The lowest BCUT2D eigenvalue weighted by Crippen LogP contribution is -2.40. The van der Waals surface area contributed by atoms with Gasteiger partial charge >= 0.3 is 6.61 Å². The van der Waals surface area contributed by atoms with Gasteiger partial charge in [-0.2, -0.15) is 8.78 Å². The zero-order valence-electron chi connectivity index (χ0n) is 12.6. The van der Waals surface area contributed by atoms with Gasteiger partial charge in [0.05, 0.1) is 6.10 Å². The molecule has 2 rings (SSSR count). The highest BCUT2D eigenvalue weighted by molar-refractivity contribution is 5.76. The first-order chi connectivity index (χ1) is 10.6. The van der Waals surface area contributed by atoms with E-state index >= 15 is 0 Å². The van der Waals surface area contributed by atoms with Crippen LogP contribution in [0.5, 0.6) is 5.75 Å². The molecule has 1 amide bonds. The number of benzene rings is 1. The summed E-state index contributed by atoms with van der Waals surface area (Å²) >= 11 is 0. The number of carbonyl (C=O) groups excluding carboxylic acids is 1. The Labute approximate surface area is 129 Å². The molecule has 1 aromatic carbocycles. The summed E-state index contributed by atoms with van der Waals surface area (Å²) in [5.74, 6) is 0.258. The number of hydrogen-bond donors (Lipinski definition) is 0. The number of halogens is 2. The van der Waals surface area contributed by atoms with Crippen LogP contribution in [0.25, 0.3) is 0 Å². The Morgan fingerprint density at radius 1 is 1.27 bits per heavy atom. The zero-order chi connectivity index (χ0) is 15.9. The molecule has 1 aromatic rings. The molecule has 0 aromatic heterocycles. The van der Waals surface area contributed by atoms with Gasteiger partial charge in [0.15, 0.2) is 0 Å². The number of rotatable bonds is 6. The Bertz CT molecular complexity index is 471. The number of ether oxygens (including phenoxy) is 2. The number of likely N-dealkylation sites (tertiary alicyclic amines) is 1. The van der Waals surface area contributed by atoms with Crippen molar-refractivity contribution < 1.29 is 23.0 Å². The Kier molecular flexibility index (Phi) is 6.12. The SMILES string of the molecule is COC1CCN(C(=O)CCc2ccc(OC(F)F)cc2)CC1. The highest BCUT2D eigenvalue weighted by Gasteiger charge is 2.22. The van der Waals surface area contributed by atoms with E-state index in [-0.39, 0.29) is 17.8 Å². The van der Waals surface area contributed by atoms with Crippen molar-refractivity contribution in [1.29, 1.82) is 0 Å². The Balaban J connectivity index is 1.76. The van der Waals surface area contributed by atoms with Gasteiger partial charge in [0.2, 0.25) is 5.91 Å². The van der Waals surface area contributed by atoms with Crippen LogP contribution in [-0.2, 0) is 16.0 Å². The highest BCUT2D eigenvalue weighted by Crippen LogP contribution is 2.17. The van der Waals surface area contributed by atoms with Crippen molar-refractivity contribution in [3.63, 3.8) is 0 Å². The number of methoxy groups -OCH3 is 1. The first-order valence-corrected chi connectivity index (χ1v) is 7.43. The first-order valence-electron chi connectivity index (χ1n) is 7.43. The molecule has 1 saturated heterocycles. The third-order valence-electron chi connectivity index (χ3n) is 3.90. The van der Waals surface area contributed by atoms with Crippen molar-refractivity contribution in [3.8, 4) is 5.75 Å². The Morgan fingerprint density at radius 3 is 2.45 bits per heavy atom. The highest BCUT2D eigenvalue weighted by atomic mass is 19.3. The number of piperidine rings is 1. The molecule has 0 aliphatic carbocycles. The lowest BCUT2D eigenvalue weighted by atomic mass is 10.1. The molecule has 0 bridgehead atoms. The van der Waals surface area contributed by atoms with Crippen molar-refractivity contribution in [2.75, 3.05) is 20.2 Å². The minimum absolute atomic E-state index is 0.127. The molecule has 122 valence electrons. The molecule has 4 nitrogen and oxygen atoms in total. The largest absolute Gasteiger partial charge is 0.435 e. The normalized spacial score (nSPS) is 16.1. The third kappa shape index (κ3) is 4.94. The second kappa shape index (κ2) is 8.08. The molecule has 0 radical (unpaired) electrons. The van der Waals surface area contributed by atoms with Gasteiger partial charge in [-0.05, 0) is 37.0 Å². The van der Waals surface area contributed by atoms with Gasteiger partial charge < -0.3 is 14.4 Å². The maximum Gasteiger partial charge on any atom is 0.387 e. The van der Waals surface area contributed by atoms with Crippen molar-refractivity contribution in [2.24, 2.45) is 0 Å². The number of nitrogens with zero attached hydrogens (tertiary/aromatic N) is 1. The van der Waals surface area contributed by atoms with Gasteiger partial charge in [-0.15, -0.1) is 0 Å². The predicted molar refractivity (Wildman–Crippen MR) is 78.0 cm³/mol. The maximum absolute atomic E-state index is 12.1. The van der Waals surface area contributed by atoms with Crippen LogP contribution in [0, 0.1) is 0 Å². The molecule has 22 heavy (non-hydrogen) atoms. The Hall–Kier alpha value is -1.69. The van der Waals surface area contributed by atoms with Crippen LogP contribution in [0.2, 0.25) is 0 Å². The lowest BCUT2D eigenvalue weighted by Gasteiger charge is -2.31. The Morgan fingerprint density at radius 2 is 1.91 bits per heavy atom. The van der Waals surface area contributed by atoms with Crippen molar-refractivity contribution in [3.05, 3.63) is 29.8 Å². The van der Waals surface area contributed by atoms with E-state index in [1.165, 1.54) is 12.1 Å². The lowest BCUT2D eigenvalue weighted by molar-refractivity contribution is -0.133. The molecular weight excluding hydrogens is 292 g/mol. The average molecular weight is 313 g/mol. The summed E-state index contributed by atoms with van der Waals surface area (Å²) in [5.41, 5.74) is 0.932. The molecule has 0 N–H and O–H groups in total. The van der Waals surface area contributed by atoms with Crippen molar-refractivity contribution in [1.82, 2.24) is 4.90 Å². The summed E-state index contributed by atoms with van der Waals surface area (Å²) in [6.07, 6.45) is 3.03. The summed E-state index contributed by atoms with van der Waals surface area (Å²) < 4.78 is 33.7. The van der Waals surface area contributed by atoms with Crippen molar-refractivity contribution >= 4 is 5.91 Å². The number of amides is 1. The van der Waals surface area contributed by atoms with Crippen molar-refractivity contribution in [2.45, 2.75) is 38.4 Å². The minimum atomic E-state index is -2.82. The molecule has 0 unspecified atom stereocenters. The van der Waals surface area contributed by atoms with E-state index in [0.717, 1.165) is 31.5 Å². The van der Waals surface area contributed by atoms with E-state index in [9.17, 15) is 13.6 Å². The van der Waals surface area contributed by atoms with E-state index in [0.29, 0.717) is 12.8 Å². The third-order valence-corrected chi connectivity index (χ3v) is 3.90. The van der Waals surface area contributed by atoms with Gasteiger partial charge in [-0.1, -0.05) is 12.1 Å². The molecule has 0 atom stereocenters. The van der Waals surface area contributed by atoms with Crippen LogP contribution in [0.4, 0.5) is 8.78 Å². The number of carbonyl (C=O) groups is 1. The number of hydrogen-bond acceptors (Lipinski definition) is 3. The zero-order valence-corrected chi connectivity index (χ0v) is 12.6. The van der Waals surface area contributed by atoms with Crippen LogP contribution in [0.3, 0.4) is 0 Å². The first kappa shape index (κ1) is 16.7. The molecule has 1 aliphatic heterocycles. The van der Waals surface area contributed by atoms with Gasteiger partial charge in [0.1, 0.15) is 5.75 Å². The monoisotopic (exact) mass is 313 g/mol. The van der Waals surface area contributed by atoms with E-state index < -0.39 is 6.61 Å². The summed E-state index contributed by atoms with van der Waals surface area (Å²) in [5, 5.41) is 0. The summed E-state index contributed by atoms with van der Waals surface area (Å²) in [7, 11) is 1.70. The van der Waals surface area contributed by atoms with Crippen LogP contribution in [0.1, 0.15) is 24.8 Å². The fourth-order valence-electron chi connectivity index (χ4n) is 2.59. The average Bonchev–Trinajstić information content (AvgIpc) is 2.53. The fourth-order valence-corrected chi connectivity index (χ4v) is 2.59. The standard InChI is InChI=1S/C16H21F2NO3/c1-21-13-8-10-19(11-9-13)15(20)7-4-12-2-5-14(6-3-12)22-16(17)18/h2-3,5-6,13,16H,4,7-11H2,1H3. The molecule has 1 fully saturated rings. The van der Waals surface area contributed by atoms with Crippen LogP contribution < -0.4 is 4.74 Å². The topological polar surface area (TPSA) is 38.8 Å². The van der Waals surface area contributed by atoms with E-state index in [2.05, 4.69) is 4.74 Å². The van der Waals surface area contributed by atoms with E-state index in [4.69, 9.17) is 4.74 Å². The van der Waals surface area contributed by atoms with Gasteiger partial charge in [-0.3, -0.25) is 4.79 Å². The van der Waals surface area contributed by atoms with Gasteiger partial charge in [-0.25, -0.2) is 0 Å². The molecule has 0 spiro atoms. The maximum atomic E-state index is 12.1. The van der Waals surface area contributed by atoms with Crippen LogP contribution >= 0.6 is 0 Å². The molecular formula is C16H21F2NO3. The summed E-state index contributed by atoms with van der Waals surface area (Å²) in [6.45, 7) is -1.35. The molecule has 6 heteroatoms. The second-order valence-electron chi connectivity index (χ2n) is 5.34. The summed E-state index contributed by atoms with van der Waals surface area (Å²) in [6, 6.07) is 6.41. The summed E-state index contributed by atoms with van der Waals surface area (Å²) in [4.78, 5) is 14.0. The second-order valence-corrected chi connectivity index (χ2v) is 5.34. The van der Waals surface area contributed by atoms with Crippen LogP contribution in [0.15, 0.2) is 24.3 Å². The van der Waals surface area contributed by atoms with Crippen LogP contribution in [-0.4, -0.2) is 43.7 Å². The van der Waals surface area contributed by atoms with E-state index in [1.807, 2.05) is 4.90 Å². The minimum Gasteiger partial charge on any atom is -0.435 e. The quantitative estimate of drug-likeness (QED) is 0.810. The predicted octanol–water partition coefficient (Wildman–Crippen LogP) is 2.86. The molecule has 1 aliphatic rings. The van der Waals surface area contributed by atoms with Gasteiger partial charge in [0.25, 0.3) is 0 Å². The fraction of sp³-hybridized carbons (Fsp3) is 0.562. The molecule has 0 saturated carbocycles. The van der Waals surface area contributed by atoms with E-state index in [1.54, 1.807) is 19.2 Å². The van der Waals surface area contributed by atoms with Gasteiger partial charge in [0, 0.05) is 26.6 Å².